The van der Waals surface area contributed by atoms with Crippen LogP contribution in [0.2, 0.25) is 0 Å². The SMILES string of the molecule is CCOC(=O)c1[nH]c(C)c(C(=O)CSc2nnnn2-c2ccc(O)cc2)c1C. The predicted molar refractivity (Wildman–Crippen MR) is 102 cm³/mol. The summed E-state index contributed by atoms with van der Waals surface area (Å²) in [6.45, 7) is 5.45. The number of aromatic hydroxyl groups is 1. The van der Waals surface area contributed by atoms with Gasteiger partial charge in [0.25, 0.3) is 0 Å². The Morgan fingerprint density at radius 2 is 1.96 bits per heavy atom. The van der Waals surface area contributed by atoms with E-state index in [9.17, 15) is 14.7 Å². The third-order valence-electron chi connectivity index (χ3n) is 4.06. The minimum absolute atomic E-state index is 0.0975. The maximum atomic E-state index is 12.8. The lowest BCUT2D eigenvalue weighted by molar-refractivity contribution is 0.0519. The van der Waals surface area contributed by atoms with E-state index in [-0.39, 0.29) is 23.9 Å². The van der Waals surface area contributed by atoms with Gasteiger partial charge in [0.1, 0.15) is 11.4 Å². The fourth-order valence-electron chi connectivity index (χ4n) is 2.80. The van der Waals surface area contributed by atoms with Crippen molar-refractivity contribution in [1.29, 1.82) is 0 Å². The molecule has 2 N–H and O–H groups in total. The summed E-state index contributed by atoms with van der Waals surface area (Å²) in [7, 11) is 0. The number of hydrogen-bond donors (Lipinski definition) is 2. The number of hydrogen-bond acceptors (Lipinski definition) is 8. The van der Waals surface area contributed by atoms with Crippen molar-refractivity contribution >= 4 is 23.5 Å². The van der Waals surface area contributed by atoms with Crippen LogP contribution in [0.25, 0.3) is 5.69 Å². The summed E-state index contributed by atoms with van der Waals surface area (Å²) in [6, 6.07) is 6.40. The topological polar surface area (TPSA) is 123 Å². The Kier molecular flexibility index (Phi) is 5.78. The van der Waals surface area contributed by atoms with Gasteiger partial charge in [0.15, 0.2) is 5.78 Å². The van der Waals surface area contributed by atoms with Crippen LogP contribution in [0.4, 0.5) is 0 Å². The van der Waals surface area contributed by atoms with Crippen LogP contribution in [0.1, 0.15) is 39.0 Å². The molecule has 0 atom stereocenters. The van der Waals surface area contributed by atoms with E-state index in [1.54, 1.807) is 32.9 Å². The summed E-state index contributed by atoms with van der Waals surface area (Å²) in [5.74, 6) is -0.393. The number of aromatic amines is 1. The Labute approximate surface area is 165 Å². The monoisotopic (exact) mass is 401 g/mol. The normalized spacial score (nSPS) is 10.8. The van der Waals surface area contributed by atoms with Crippen LogP contribution >= 0.6 is 11.8 Å². The number of thioether (sulfide) groups is 1. The maximum absolute atomic E-state index is 12.8. The molecular weight excluding hydrogens is 382 g/mol. The highest BCUT2D eigenvalue weighted by atomic mass is 32.2. The zero-order valence-electron chi connectivity index (χ0n) is 15.6. The Morgan fingerprint density at radius 3 is 2.64 bits per heavy atom. The lowest BCUT2D eigenvalue weighted by atomic mass is 10.1. The third kappa shape index (κ3) is 3.91. The first-order valence-electron chi connectivity index (χ1n) is 8.52. The van der Waals surface area contributed by atoms with Crippen LogP contribution in [0.15, 0.2) is 29.4 Å². The van der Waals surface area contributed by atoms with Gasteiger partial charge >= 0.3 is 5.97 Å². The van der Waals surface area contributed by atoms with Crippen molar-refractivity contribution in [1.82, 2.24) is 25.2 Å². The van der Waals surface area contributed by atoms with Crippen molar-refractivity contribution in [3.63, 3.8) is 0 Å². The Hall–Kier alpha value is -3.14. The number of nitrogens with zero attached hydrogens (tertiary/aromatic N) is 4. The molecule has 28 heavy (non-hydrogen) atoms. The zero-order chi connectivity index (χ0) is 20.3. The average Bonchev–Trinajstić information content (AvgIpc) is 3.25. The first-order valence-corrected chi connectivity index (χ1v) is 9.51. The van der Waals surface area contributed by atoms with Crippen LogP contribution in [0.3, 0.4) is 0 Å². The highest BCUT2D eigenvalue weighted by Crippen LogP contribution is 2.24. The summed E-state index contributed by atoms with van der Waals surface area (Å²) in [5.41, 5.74) is 2.61. The van der Waals surface area contributed by atoms with Crippen LogP contribution < -0.4 is 0 Å². The number of nitrogens with one attached hydrogen (secondary N) is 1. The summed E-state index contributed by atoms with van der Waals surface area (Å²) in [6.07, 6.45) is 0. The van der Waals surface area contributed by atoms with Crippen molar-refractivity contribution in [3.8, 4) is 11.4 Å². The number of tetrazole rings is 1. The molecule has 0 fully saturated rings. The molecular formula is C18H19N5O4S. The number of phenolic OH excluding ortho intramolecular Hbond substituents is 1. The smallest absolute Gasteiger partial charge is 0.355 e. The van der Waals surface area contributed by atoms with E-state index in [0.717, 1.165) is 0 Å². The fourth-order valence-corrected chi connectivity index (χ4v) is 3.57. The van der Waals surface area contributed by atoms with Gasteiger partial charge in [0.2, 0.25) is 5.16 Å². The van der Waals surface area contributed by atoms with Crippen LogP contribution in [-0.2, 0) is 4.74 Å². The molecule has 0 unspecified atom stereocenters. The number of ketones is 1. The number of ether oxygens (including phenoxy) is 1. The summed E-state index contributed by atoms with van der Waals surface area (Å²) < 4.78 is 6.50. The molecule has 1 aromatic carbocycles. The van der Waals surface area contributed by atoms with E-state index in [2.05, 4.69) is 20.5 Å². The minimum Gasteiger partial charge on any atom is -0.508 e. The lowest BCUT2D eigenvalue weighted by Crippen LogP contribution is -2.09. The van der Waals surface area contributed by atoms with Gasteiger partial charge in [-0.05, 0) is 61.0 Å². The van der Waals surface area contributed by atoms with Crippen molar-refractivity contribution in [2.75, 3.05) is 12.4 Å². The fraction of sp³-hybridized carbons (Fsp3) is 0.278. The molecule has 0 spiro atoms. The maximum Gasteiger partial charge on any atom is 0.355 e. The van der Waals surface area contributed by atoms with Gasteiger partial charge in [-0.1, -0.05) is 11.8 Å². The molecule has 0 bridgehead atoms. The number of carbonyl (C=O) groups is 2. The molecule has 0 saturated heterocycles. The summed E-state index contributed by atoms with van der Waals surface area (Å²) in [4.78, 5) is 27.7. The number of H-pyrrole nitrogens is 1. The second kappa shape index (κ2) is 8.26. The van der Waals surface area contributed by atoms with E-state index in [4.69, 9.17) is 4.74 Å². The van der Waals surface area contributed by atoms with Gasteiger partial charge < -0.3 is 14.8 Å². The molecule has 146 valence electrons. The van der Waals surface area contributed by atoms with Gasteiger partial charge in [0.05, 0.1) is 18.0 Å². The minimum atomic E-state index is -0.480. The predicted octanol–water partition coefficient (Wildman–Crippen LogP) is 2.46. The molecule has 9 nitrogen and oxygen atoms in total. The molecule has 0 saturated carbocycles. The third-order valence-corrected chi connectivity index (χ3v) is 4.98. The Morgan fingerprint density at radius 1 is 1.25 bits per heavy atom. The van der Waals surface area contributed by atoms with Gasteiger partial charge in [-0.15, -0.1) is 5.10 Å². The molecule has 10 heteroatoms. The summed E-state index contributed by atoms with van der Waals surface area (Å²) in [5, 5.41) is 21.4. The van der Waals surface area contributed by atoms with Crippen LogP contribution in [0, 0.1) is 13.8 Å². The van der Waals surface area contributed by atoms with Gasteiger partial charge in [-0.2, -0.15) is 4.68 Å². The molecule has 0 aliphatic heterocycles. The number of phenols is 1. The largest absolute Gasteiger partial charge is 0.508 e. The number of aryl methyl sites for hydroxylation is 1. The van der Waals surface area contributed by atoms with Gasteiger partial charge in [0, 0.05) is 11.3 Å². The Balaban J connectivity index is 1.76. The zero-order valence-corrected chi connectivity index (χ0v) is 16.4. The average molecular weight is 401 g/mol. The van der Waals surface area contributed by atoms with Gasteiger partial charge in [-0.25, -0.2) is 4.79 Å². The molecule has 0 radical (unpaired) electrons. The van der Waals surface area contributed by atoms with Crippen LogP contribution in [0.5, 0.6) is 5.75 Å². The molecule has 0 aliphatic rings. The Bertz CT molecular complexity index is 1010. The van der Waals surface area contributed by atoms with Crippen molar-refractivity contribution in [2.45, 2.75) is 25.9 Å². The van der Waals surface area contributed by atoms with E-state index in [1.165, 1.54) is 28.6 Å². The van der Waals surface area contributed by atoms with E-state index in [0.29, 0.717) is 33.4 Å². The number of Topliss-reactive ketones (excluding diaryl/α,β-unsaturated/α-hetero) is 1. The molecule has 2 aromatic heterocycles. The molecule has 3 rings (SSSR count). The first kappa shape index (κ1) is 19.6. The number of carbonyl (C=O) groups excluding carboxylic acids is 2. The molecule has 2 heterocycles. The number of benzene rings is 1. The van der Waals surface area contributed by atoms with Crippen molar-refractivity contribution in [2.24, 2.45) is 0 Å². The highest BCUT2D eigenvalue weighted by molar-refractivity contribution is 7.99. The number of rotatable bonds is 7. The van der Waals surface area contributed by atoms with E-state index >= 15 is 0 Å². The van der Waals surface area contributed by atoms with Crippen LogP contribution in [-0.4, -0.2) is 54.4 Å². The summed E-state index contributed by atoms with van der Waals surface area (Å²) >= 11 is 1.19. The number of esters is 1. The standard InChI is InChI=1S/C18H19N5O4S/c1-4-27-17(26)16-10(2)15(11(3)19-16)14(25)9-28-18-20-21-22-23(18)12-5-7-13(24)8-6-12/h5-8,19,24H,4,9H2,1-3H3. The highest BCUT2D eigenvalue weighted by Gasteiger charge is 2.23. The van der Waals surface area contributed by atoms with Gasteiger partial charge in [-0.3, -0.25) is 4.79 Å². The second-order valence-electron chi connectivity index (χ2n) is 5.95. The molecule has 0 aliphatic carbocycles. The quantitative estimate of drug-likeness (QED) is 0.352. The molecule has 0 amide bonds. The first-order chi connectivity index (χ1) is 13.4. The van der Waals surface area contributed by atoms with E-state index in [1.807, 2.05) is 0 Å². The molecule has 3 aromatic rings. The van der Waals surface area contributed by atoms with Crippen molar-refractivity contribution < 1.29 is 19.4 Å². The number of aromatic nitrogens is 5. The van der Waals surface area contributed by atoms with Crippen molar-refractivity contribution in [3.05, 3.63) is 46.8 Å². The lowest BCUT2D eigenvalue weighted by Gasteiger charge is -2.05. The second-order valence-corrected chi connectivity index (χ2v) is 6.89. The van der Waals surface area contributed by atoms with E-state index < -0.39 is 5.97 Å².